The first-order valence-electron chi connectivity index (χ1n) is 10.2. The molecular formula is C24H26N4S. The van der Waals surface area contributed by atoms with E-state index in [1.54, 1.807) is 0 Å². The Bertz CT molecular complexity index is 1100. The third-order valence-electron chi connectivity index (χ3n) is 5.91. The van der Waals surface area contributed by atoms with Crippen LogP contribution in [-0.2, 0) is 6.54 Å². The normalized spacial score (nSPS) is 19.9. The molecule has 0 bridgehead atoms. The second-order valence-electron chi connectivity index (χ2n) is 8.18. The highest BCUT2D eigenvalue weighted by molar-refractivity contribution is 7.97. The maximum absolute atomic E-state index is 4.06. The summed E-state index contributed by atoms with van der Waals surface area (Å²) in [5, 5.41) is 8.25. The minimum atomic E-state index is 0.598. The Morgan fingerprint density at radius 2 is 1.97 bits per heavy atom. The molecular weight excluding hydrogens is 376 g/mol. The first kappa shape index (κ1) is 18.5. The summed E-state index contributed by atoms with van der Waals surface area (Å²) >= 11 is 1.90. The molecule has 5 rings (SSSR count). The van der Waals surface area contributed by atoms with Gasteiger partial charge >= 0.3 is 0 Å². The highest BCUT2D eigenvalue weighted by atomic mass is 32.2. The van der Waals surface area contributed by atoms with Crippen LogP contribution in [0.4, 0.5) is 0 Å². The molecule has 3 heterocycles. The molecule has 0 aliphatic carbocycles. The third-order valence-corrected chi connectivity index (χ3v) is 7.13. The minimum Gasteiger partial charge on any atom is -0.347 e. The molecule has 0 radical (unpaired) electrons. The van der Waals surface area contributed by atoms with Gasteiger partial charge in [-0.25, -0.2) is 4.31 Å². The number of aromatic nitrogens is 3. The van der Waals surface area contributed by atoms with E-state index in [2.05, 4.69) is 87.6 Å². The Kier molecular flexibility index (Phi) is 4.94. The monoisotopic (exact) mass is 402 g/mol. The first-order chi connectivity index (χ1) is 14.2. The van der Waals surface area contributed by atoms with E-state index < -0.39 is 0 Å². The molecule has 1 aliphatic rings. The maximum atomic E-state index is 4.06. The lowest BCUT2D eigenvalue weighted by Gasteiger charge is -2.19. The molecule has 1 N–H and O–H groups in total. The number of H-pyrrole nitrogens is 1. The smallest absolute Gasteiger partial charge is 0.0565 e. The van der Waals surface area contributed by atoms with Crippen LogP contribution in [0.3, 0.4) is 0 Å². The minimum absolute atomic E-state index is 0.598. The van der Waals surface area contributed by atoms with E-state index >= 15 is 0 Å². The van der Waals surface area contributed by atoms with Gasteiger partial charge in [0.1, 0.15) is 0 Å². The van der Waals surface area contributed by atoms with Crippen LogP contribution in [0.1, 0.15) is 18.9 Å². The molecule has 1 aliphatic heterocycles. The van der Waals surface area contributed by atoms with Gasteiger partial charge in [0.25, 0.3) is 0 Å². The molecule has 2 atom stereocenters. The number of hydrogen-bond acceptors (Lipinski definition) is 3. The largest absolute Gasteiger partial charge is 0.347 e. The second kappa shape index (κ2) is 7.73. The van der Waals surface area contributed by atoms with Gasteiger partial charge in [0.2, 0.25) is 0 Å². The number of aromatic amines is 1. The van der Waals surface area contributed by atoms with Gasteiger partial charge in [0, 0.05) is 52.9 Å². The van der Waals surface area contributed by atoms with E-state index in [1.165, 1.54) is 33.3 Å². The van der Waals surface area contributed by atoms with Gasteiger partial charge in [-0.1, -0.05) is 23.8 Å². The lowest BCUT2D eigenvalue weighted by molar-refractivity contribution is 0.450. The zero-order chi connectivity index (χ0) is 19.8. The molecule has 2 aromatic heterocycles. The van der Waals surface area contributed by atoms with Crippen LogP contribution in [0.25, 0.3) is 22.0 Å². The predicted molar refractivity (Wildman–Crippen MR) is 121 cm³/mol. The van der Waals surface area contributed by atoms with Crippen molar-refractivity contribution in [1.82, 2.24) is 19.1 Å². The quantitative estimate of drug-likeness (QED) is 0.431. The lowest BCUT2D eigenvalue weighted by Crippen LogP contribution is -2.19. The molecule has 0 spiro atoms. The molecule has 0 amide bonds. The van der Waals surface area contributed by atoms with Crippen LogP contribution in [0.15, 0.2) is 72.0 Å². The van der Waals surface area contributed by atoms with Crippen molar-refractivity contribution in [3.05, 3.63) is 72.7 Å². The summed E-state index contributed by atoms with van der Waals surface area (Å²) in [6.07, 6.45) is 7.30. The fourth-order valence-electron chi connectivity index (χ4n) is 4.33. The van der Waals surface area contributed by atoms with Crippen molar-refractivity contribution in [2.45, 2.75) is 37.8 Å². The van der Waals surface area contributed by atoms with E-state index in [-0.39, 0.29) is 0 Å². The van der Waals surface area contributed by atoms with Gasteiger partial charge in [0.15, 0.2) is 0 Å². The number of fused-ring (bicyclic) bond motifs is 1. The molecule has 29 heavy (non-hydrogen) atoms. The van der Waals surface area contributed by atoms with Crippen molar-refractivity contribution < 1.29 is 0 Å². The SMILES string of the molecule is Cc1ccc(SN2CC(Cn3ccc4cc(-c5cn[nH]c5)ccc43)C[C@@H]2C)cc1. The van der Waals surface area contributed by atoms with Gasteiger partial charge in [-0.2, -0.15) is 5.10 Å². The molecule has 0 saturated carbocycles. The summed E-state index contributed by atoms with van der Waals surface area (Å²) in [5.41, 5.74) is 4.97. The summed E-state index contributed by atoms with van der Waals surface area (Å²) in [5.74, 6) is 0.673. The van der Waals surface area contributed by atoms with Crippen molar-refractivity contribution >= 4 is 22.9 Å². The average molecular weight is 403 g/mol. The van der Waals surface area contributed by atoms with Crippen LogP contribution in [-0.4, -0.2) is 31.7 Å². The number of benzene rings is 2. The Balaban J connectivity index is 1.29. The number of nitrogens with one attached hydrogen (secondary N) is 1. The predicted octanol–water partition coefficient (Wildman–Crippen LogP) is 5.76. The van der Waals surface area contributed by atoms with Crippen molar-refractivity contribution in [1.29, 1.82) is 0 Å². The topological polar surface area (TPSA) is 36.9 Å². The van der Waals surface area contributed by atoms with Crippen LogP contribution >= 0.6 is 11.9 Å². The van der Waals surface area contributed by atoms with Crippen LogP contribution in [0.2, 0.25) is 0 Å². The van der Waals surface area contributed by atoms with Gasteiger partial charge in [0.05, 0.1) is 6.20 Å². The number of aryl methyl sites for hydroxylation is 1. The second-order valence-corrected chi connectivity index (χ2v) is 9.31. The van der Waals surface area contributed by atoms with Gasteiger partial charge in [-0.3, -0.25) is 5.10 Å². The molecule has 4 nitrogen and oxygen atoms in total. The highest BCUT2D eigenvalue weighted by Crippen LogP contribution is 2.35. The zero-order valence-corrected chi connectivity index (χ0v) is 17.7. The van der Waals surface area contributed by atoms with Crippen molar-refractivity contribution in [3.8, 4) is 11.1 Å². The Labute approximate surface area is 176 Å². The third kappa shape index (κ3) is 3.85. The Hall–Kier alpha value is -2.50. The zero-order valence-electron chi connectivity index (χ0n) is 16.9. The average Bonchev–Trinajstić information content (AvgIpc) is 3.45. The highest BCUT2D eigenvalue weighted by Gasteiger charge is 2.30. The summed E-state index contributed by atoms with van der Waals surface area (Å²) < 4.78 is 4.98. The van der Waals surface area contributed by atoms with Crippen LogP contribution < -0.4 is 0 Å². The number of rotatable bonds is 5. The molecule has 1 unspecified atom stereocenters. The number of nitrogens with zero attached hydrogens (tertiary/aromatic N) is 3. The van der Waals surface area contributed by atoms with Crippen molar-refractivity contribution in [2.24, 2.45) is 5.92 Å². The van der Waals surface area contributed by atoms with Gasteiger partial charge in [-0.15, -0.1) is 0 Å². The fourth-order valence-corrected chi connectivity index (χ4v) is 5.41. The van der Waals surface area contributed by atoms with Crippen molar-refractivity contribution in [2.75, 3.05) is 6.54 Å². The fraction of sp³-hybridized carbons (Fsp3) is 0.292. The van der Waals surface area contributed by atoms with E-state index in [4.69, 9.17) is 0 Å². The van der Waals surface area contributed by atoms with Crippen LogP contribution in [0.5, 0.6) is 0 Å². The van der Waals surface area contributed by atoms with E-state index in [0.717, 1.165) is 18.7 Å². The van der Waals surface area contributed by atoms with E-state index in [1.807, 2.05) is 24.3 Å². The molecule has 1 saturated heterocycles. The van der Waals surface area contributed by atoms with Gasteiger partial charge in [-0.05, 0) is 74.0 Å². The molecule has 4 aromatic rings. The van der Waals surface area contributed by atoms with E-state index in [0.29, 0.717) is 12.0 Å². The van der Waals surface area contributed by atoms with Crippen LogP contribution in [0, 0.1) is 12.8 Å². The van der Waals surface area contributed by atoms with Crippen molar-refractivity contribution in [3.63, 3.8) is 0 Å². The van der Waals surface area contributed by atoms with Gasteiger partial charge < -0.3 is 4.57 Å². The summed E-state index contributed by atoms with van der Waals surface area (Å²) in [6.45, 7) is 6.70. The Morgan fingerprint density at radius 1 is 1.10 bits per heavy atom. The summed E-state index contributed by atoms with van der Waals surface area (Å²) in [7, 11) is 0. The standard InChI is InChI=1S/C24H26N4S/c1-17-3-6-23(7-4-17)29-28-16-19(11-18(28)2)15-27-10-9-21-12-20(5-8-24(21)27)22-13-25-26-14-22/h3-10,12-14,18-19H,11,15-16H2,1-2H3,(H,25,26)/t18-,19?/m0/s1. The molecule has 1 fully saturated rings. The maximum Gasteiger partial charge on any atom is 0.0565 e. The summed E-state index contributed by atoms with van der Waals surface area (Å²) in [6, 6.07) is 18.4. The number of hydrogen-bond donors (Lipinski definition) is 1. The van der Waals surface area contributed by atoms with E-state index in [9.17, 15) is 0 Å². The molecule has 5 heteroatoms. The lowest BCUT2D eigenvalue weighted by atomic mass is 10.1. The summed E-state index contributed by atoms with van der Waals surface area (Å²) in [4.78, 5) is 1.33. The Morgan fingerprint density at radius 3 is 2.76 bits per heavy atom. The molecule has 2 aromatic carbocycles. The first-order valence-corrected chi connectivity index (χ1v) is 11.0. The molecule has 148 valence electrons.